The first-order valence-electron chi connectivity index (χ1n) is 14.8. The van der Waals surface area contributed by atoms with Crippen LogP contribution in [0.5, 0.6) is 0 Å². The minimum Gasteiger partial charge on any atom is -0.325 e. The zero-order valence-corrected chi connectivity index (χ0v) is 27.4. The Hall–Kier alpha value is -5.78. The van der Waals surface area contributed by atoms with Crippen molar-refractivity contribution in [3.05, 3.63) is 170 Å². The van der Waals surface area contributed by atoms with Crippen LogP contribution in [0.4, 0.5) is 21.5 Å². The van der Waals surface area contributed by atoms with Crippen molar-refractivity contribution >= 4 is 64.2 Å². The van der Waals surface area contributed by atoms with Gasteiger partial charge in [0.15, 0.2) is 0 Å². The van der Waals surface area contributed by atoms with Crippen molar-refractivity contribution in [1.29, 1.82) is 0 Å². The van der Waals surface area contributed by atoms with Gasteiger partial charge in [0.05, 0.1) is 9.95 Å². The van der Waals surface area contributed by atoms with E-state index < -0.39 is 27.8 Å². The number of hydrogen-bond donors (Lipinski definition) is 3. The lowest BCUT2D eigenvalue weighted by atomic mass is 10.1. The lowest BCUT2D eigenvalue weighted by molar-refractivity contribution is -0.384. The molecular weight excluding hydrogens is 667 g/mol. The molecule has 0 heterocycles. The van der Waals surface area contributed by atoms with Crippen molar-refractivity contribution in [3.63, 3.8) is 0 Å². The summed E-state index contributed by atoms with van der Waals surface area (Å²) >= 11 is 7.47. The third-order valence-electron chi connectivity index (χ3n) is 7.20. The van der Waals surface area contributed by atoms with Gasteiger partial charge in [-0.1, -0.05) is 66.2 Å². The lowest BCUT2D eigenvalue weighted by Gasteiger charge is -2.18. The van der Waals surface area contributed by atoms with Crippen LogP contribution >= 0.6 is 23.4 Å². The molecule has 5 aromatic rings. The van der Waals surface area contributed by atoms with Crippen LogP contribution < -0.4 is 16.0 Å². The van der Waals surface area contributed by atoms with E-state index in [9.17, 15) is 28.9 Å². The van der Waals surface area contributed by atoms with Gasteiger partial charge in [-0.25, -0.2) is 4.39 Å². The second-order valence-electron chi connectivity index (χ2n) is 10.6. The monoisotopic (exact) mass is 694 g/mol. The summed E-state index contributed by atoms with van der Waals surface area (Å²) in [6.07, 6.45) is 1.17. The Kier molecular flexibility index (Phi) is 11.2. The molecular formula is C37H28ClFN4O5S. The van der Waals surface area contributed by atoms with Gasteiger partial charge in [-0.05, 0) is 78.7 Å². The van der Waals surface area contributed by atoms with Gasteiger partial charge in [0.2, 0.25) is 5.91 Å². The van der Waals surface area contributed by atoms with Gasteiger partial charge in [-0.2, -0.15) is 0 Å². The molecule has 5 aromatic carbocycles. The van der Waals surface area contributed by atoms with Gasteiger partial charge in [0, 0.05) is 39.5 Å². The number of thioether (sulfide) groups is 1. The Morgan fingerprint density at radius 3 is 2.16 bits per heavy atom. The number of nitro benzene ring substituents is 1. The summed E-state index contributed by atoms with van der Waals surface area (Å²) in [5, 5.41) is 18.7. The average Bonchev–Trinajstić information content (AvgIpc) is 3.10. The lowest BCUT2D eigenvalue weighted by Crippen LogP contribution is -2.30. The first-order valence-corrected chi connectivity index (χ1v) is 16.1. The predicted octanol–water partition coefficient (Wildman–Crippen LogP) is 8.58. The fourth-order valence-electron chi connectivity index (χ4n) is 4.69. The normalized spacial score (nSPS) is 11.7. The number of carbonyl (C=O) groups is 3. The van der Waals surface area contributed by atoms with E-state index in [4.69, 9.17) is 11.6 Å². The summed E-state index contributed by atoms with van der Waals surface area (Å²) in [5.41, 5.74) is 2.02. The summed E-state index contributed by atoms with van der Waals surface area (Å²) < 4.78 is 14.6. The Morgan fingerprint density at radius 1 is 0.857 bits per heavy atom. The first-order chi connectivity index (χ1) is 23.6. The fraction of sp³-hybridized carbons (Fsp3) is 0.0541. The SMILES string of the molecule is Cc1cc([N+](=O)[O-])ccc1NC(=O)C(Sc1ccc(NC(=O)/C(=C/c2c(F)cccc2Cl)NC(=O)c2ccccc2)cc1)c1ccccc1. The summed E-state index contributed by atoms with van der Waals surface area (Å²) in [6, 6.07) is 32.4. The summed E-state index contributed by atoms with van der Waals surface area (Å²) in [5.74, 6) is -2.30. The Morgan fingerprint density at radius 2 is 1.53 bits per heavy atom. The number of halogens is 2. The van der Waals surface area contributed by atoms with E-state index in [1.807, 2.05) is 30.3 Å². The van der Waals surface area contributed by atoms with E-state index in [2.05, 4.69) is 16.0 Å². The molecule has 0 radical (unpaired) electrons. The molecule has 0 saturated heterocycles. The standard InChI is InChI=1S/C37H28ClFN4O5S/c1-23-21-27(43(47)48)17-20-32(23)41-37(46)34(24-9-4-2-5-10-24)49-28-18-15-26(16-19-28)40-36(45)33(22-29-30(38)13-8-14-31(29)39)42-35(44)25-11-6-3-7-12-25/h2-22,34H,1H3,(H,40,45)(H,41,46)(H,42,44)/b33-22-. The van der Waals surface area contributed by atoms with Crippen LogP contribution in [-0.2, 0) is 9.59 Å². The van der Waals surface area contributed by atoms with Crippen molar-refractivity contribution in [3.8, 4) is 0 Å². The molecule has 5 rings (SSSR count). The van der Waals surface area contributed by atoms with Crippen molar-refractivity contribution in [2.75, 3.05) is 10.6 Å². The van der Waals surface area contributed by atoms with Crippen LogP contribution in [0, 0.1) is 22.9 Å². The molecule has 3 amide bonds. The number of nitro groups is 1. The third-order valence-corrected chi connectivity index (χ3v) is 8.80. The number of amides is 3. The molecule has 246 valence electrons. The zero-order chi connectivity index (χ0) is 34.9. The van der Waals surface area contributed by atoms with Gasteiger partial charge >= 0.3 is 0 Å². The van der Waals surface area contributed by atoms with E-state index in [-0.39, 0.29) is 27.9 Å². The highest BCUT2D eigenvalue weighted by Gasteiger charge is 2.24. The zero-order valence-electron chi connectivity index (χ0n) is 25.9. The van der Waals surface area contributed by atoms with Crippen molar-refractivity contribution < 1.29 is 23.7 Å². The van der Waals surface area contributed by atoms with Gasteiger partial charge in [-0.15, -0.1) is 11.8 Å². The second kappa shape index (κ2) is 15.9. The Bertz CT molecular complexity index is 2020. The predicted molar refractivity (Wildman–Crippen MR) is 190 cm³/mol. The number of hydrogen-bond acceptors (Lipinski definition) is 6. The maximum atomic E-state index is 14.6. The quantitative estimate of drug-likeness (QED) is 0.0550. The molecule has 49 heavy (non-hydrogen) atoms. The molecule has 0 spiro atoms. The summed E-state index contributed by atoms with van der Waals surface area (Å²) in [7, 11) is 0. The van der Waals surface area contributed by atoms with E-state index >= 15 is 0 Å². The van der Waals surface area contributed by atoms with Crippen LogP contribution in [-0.4, -0.2) is 22.6 Å². The van der Waals surface area contributed by atoms with Gasteiger partial charge in [0.25, 0.3) is 17.5 Å². The number of benzene rings is 5. The topological polar surface area (TPSA) is 130 Å². The molecule has 0 aromatic heterocycles. The average molecular weight is 695 g/mol. The highest BCUT2D eigenvalue weighted by molar-refractivity contribution is 8.00. The number of carbonyl (C=O) groups excluding carboxylic acids is 3. The molecule has 0 aliphatic heterocycles. The van der Waals surface area contributed by atoms with E-state index in [1.54, 1.807) is 61.5 Å². The molecule has 1 unspecified atom stereocenters. The molecule has 0 saturated carbocycles. The van der Waals surface area contributed by atoms with Crippen molar-refractivity contribution in [2.24, 2.45) is 0 Å². The molecule has 0 fully saturated rings. The van der Waals surface area contributed by atoms with Crippen LogP contribution in [0.3, 0.4) is 0 Å². The molecule has 12 heteroatoms. The first kappa shape index (κ1) is 34.6. The van der Waals surface area contributed by atoms with E-state index in [0.29, 0.717) is 27.4 Å². The van der Waals surface area contributed by atoms with Crippen LogP contribution in [0.25, 0.3) is 6.08 Å². The summed E-state index contributed by atoms with van der Waals surface area (Å²) in [4.78, 5) is 51.3. The number of rotatable bonds is 11. The Labute approximate surface area is 290 Å². The molecule has 0 bridgehead atoms. The van der Waals surface area contributed by atoms with Crippen LogP contribution in [0.1, 0.15) is 32.3 Å². The molecule has 3 N–H and O–H groups in total. The number of nitrogens with one attached hydrogen (secondary N) is 3. The molecule has 1 atom stereocenters. The van der Waals surface area contributed by atoms with Gasteiger partial charge in [0.1, 0.15) is 16.8 Å². The van der Waals surface area contributed by atoms with E-state index in [0.717, 1.165) is 5.56 Å². The second-order valence-corrected chi connectivity index (χ2v) is 12.2. The number of anilines is 2. The molecule has 0 aliphatic rings. The third kappa shape index (κ3) is 8.98. The molecule has 9 nitrogen and oxygen atoms in total. The fourth-order valence-corrected chi connectivity index (χ4v) is 5.93. The number of aryl methyl sites for hydroxylation is 1. The maximum absolute atomic E-state index is 14.6. The summed E-state index contributed by atoms with van der Waals surface area (Å²) in [6.45, 7) is 1.68. The minimum atomic E-state index is -0.719. The van der Waals surface area contributed by atoms with Gasteiger partial charge in [-0.3, -0.25) is 24.5 Å². The minimum absolute atomic E-state index is 0.0568. The highest BCUT2D eigenvalue weighted by atomic mass is 35.5. The van der Waals surface area contributed by atoms with E-state index in [1.165, 1.54) is 54.2 Å². The van der Waals surface area contributed by atoms with Crippen molar-refractivity contribution in [1.82, 2.24) is 5.32 Å². The number of non-ortho nitro benzene ring substituents is 1. The molecule has 0 aliphatic carbocycles. The van der Waals surface area contributed by atoms with Gasteiger partial charge < -0.3 is 16.0 Å². The highest BCUT2D eigenvalue weighted by Crippen LogP contribution is 2.37. The smallest absolute Gasteiger partial charge is 0.272 e. The van der Waals surface area contributed by atoms with Crippen LogP contribution in [0.15, 0.2) is 132 Å². The largest absolute Gasteiger partial charge is 0.325 e. The van der Waals surface area contributed by atoms with Crippen molar-refractivity contribution in [2.45, 2.75) is 17.1 Å². The maximum Gasteiger partial charge on any atom is 0.272 e. The van der Waals surface area contributed by atoms with Crippen LogP contribution in [0.2, 0.25) is 5.02 Å². The number of nitrogens with zero attached hydrogens (tertiary/aromatic N) is 1. The Balaban J connectivity index is 1.35.